The second-order valence-corrected chi connectivity index (χ2v) is 18.0. The fourth-order valence-electron chi connectivity index (χ4n) is 8.03. The molecule has 1 N–H and O–H groups in total. The van der Waals surface area contributed by atoms with Crippen LogP contribution in [0.25, 0.3) is 11.5 Å². The molecule has 0 saturated carbocycles. The lowest BCUT2D eigenvalue weighted by atomic mass is 9.70. The Bertz CT molecular complexity index is 1850. The van der Waals surface area contributed by atoms with Crippen LogP contribution >= 0.6 is 0 Å². The van der Waals surface area contributed by atoms with Gasteiger partial charge in [-0.05, 0) is 68.0 Å². The van der Waals surface area contributed by atoms with Crippen LogP contribution in [0.2, 0.25) is 0 Å². The fourth-order valence-corrected chi connectivity index (χ4v) is 8.03. The molecule has 0 aliphatic carbocycles. The minimum absolute atomic E-state index is 0.149. The Morgan fingerprint density at radius 2 is 1.08 bits per heavy atom. The summed E-state index contributed by atoms with van der Waals surface area (Å²) in [5.41, 5.74) is 3.27. The molecule has 0 unspecified atom stereocenters. The molecular formula is C48H68O12. The summed E-state index contributed by atoms with van der Waals surface area (Å²) in [6.07, 6.45) is 3.49. The van der Waals surface area contributed by atoms with Gasteiger partial charge in [-0.1, -0.05) is 79.7 Å². The molecule has 2 heterocycles. The number of rotatable bonds is 21. The normalized spacial score (nSPS) is 15.7. The van der Waals surface area contributed by atoms with Crippen LogP contribution in [-0.4, -0.2) is 75.2 Å². The maximum absolute atomic E-state index is 11.4. The number of esters is 3. The van der Waals surface area contributed by atoms with Crippen molar-refractivity contribution in [2.24, 2.45) is 21.7 Å². The van der Waals surface area contributed by atoms with Crippen LogP contribution in [0.15, 0.2) is 59.7 Å². The smallest absolute Gasteiger partial charge is 0.308 e. The van der Waals surface area contributed by atoms with E-state index in [2.05, 4.69) is 55.4 Å². The molecule has 0 amide bonds. The first-order valence-electron chi connectivity index (χ1n) is 21.0. The number of carbonyl (C=O) groups is 4. The molecular weight excluding hydrogens is 769 g/mol. The lowest BCUT2D eigenvalue weighted by Gasteiger charge is -2.34. The highest BCUT2D eigenvalue weighted by Crippen LogP contribution is 2.51. The predicted molar refractivity (Wildman–Crippen MR) is 230 cm³/mol. The number of unbranched alkanes of at least 4 members (excludes halogenated alkanes) is 2. The van der Waals surface area contributed by atoms with Crippen LogP contribution in [0, 0.1) is 21.7 Å². The van der Waals surface area contributed by atoms with Gasteiger partial charge < -0.3 is 38.3 Å². The Kier molecular flexibility index (Phi) is 18.4. The molecule has 4 rings (SSSR count). The molecule has 332 valence electrons. The van der Waals surface area contributed by atoms with Crippen molar-refractivity contribution in [2.45, 2.75) is 115 Å². The molecule has 0 bridgehead atoms. The molecule has 12 heteroatoms. The molecule has 2 aromatic carbocycles. The van der Waals surface area contributed by atoms with E-state index < -0.39 is 5.97 Å². The van der Waals surface area contributed by atoms with E-state index in [0.29, 0.717) is 70.6 Å². The quantitative estimate of drug-likeness (QED) is 0.0724. The van der Waals surface area contributed by atoms with Gasteiger partial charge in [-0.2, -0.15) is 0 Å². The van der Waals surface area contributed by atoms with E-state index in [-0.39, 0.29) is 46.0 Å². The minimum atomic E-state index is -0.777. The zero-order chi connectivity index (χ0) is 44.7. The molecule has 2 aliphatic rings. The van der Waals surface area contributed by atoms with E-state index in [1.54, 1.807) is 12.1 Å². The van der Waals surface area contributed by atoms with E-state index in [4.69, 9.17) is 38.3 Å². The molecule has 0 atom stereocenters. The average molecular weight is 837 g/mol. The summed E-state index contributed by atoms with van der Waals surface area (Å²) in [5, 5.41) is 8.72. The van der Waals surface area contributed by atoms with E-state index in [1.165, 1.54) is 19.4 Å². The van der Waals surface area contributed by atoms with Crippen molar-refractivity contribution < 1.29 is 57.4 Å². The van der Waals surface area contributed by atoms with Gasteiger partial charge in [0, 0.05) is 72.7 Å². The van der Waals surface area contributed by atoms with Gasteiger partial charge in [0.25, 0.3) is 0 Å². The van der Waals surface area contributed by atoms with Crippen LogP contribution in [0.4, 0.5) is 0 Å². The van der Waals surface area contributed by atoms with E-state index in [0.717, 1.165) is 47.5 Å². The molecule has 0 saturated heterocycles. The summed E-state index contributed by atoms with van der Waals surface area (Å²) in [4.78, 5) is 44.6. The van der Waals surface area contributed by atoms with Crippen molar-refractivity contribution in [2.75, 3.05) is 46.2 Å². The number of aliphatic carboxylic acids is 1. The Hall–Kier alpha value is -4.68. The maximum atomic E-state index is 11.4. The van der Waals surface area contributed by atoms with Gasteiger partial charge in [0.2, 0.25) is 0 Å². The van der Waals surface area contributed by atoms with Crippen molar-refractivity contribution in [3.63, 3.8) is 0 Å². The second kappa shape index (κ2) is 22.2. The van der Waals surface area contributed by atoms with Crippen LogP contribution in [-0.2, 0) is 42.9 Å². The third-order valence-electron chi connectivity index (χ3n) is 10.1. The van der Waals surface area contributed by atoms with Crippen LogP contribution < -0.4 is 9.47 Å². The third-order valence-corrected chi connectivity index (χ3v) is 10.1. The molecule has 60 heavy (non-hydrogen) atoms. The average Bonchev–Trinajstić information content (AvgIpc) is 3.66. The third kappa shape index (κ3) is 15.1. The number of hydrogen-bond donors (Lipinski definition) is 1. The number of benzene rings is 2. The van der Waals surface area contributed by atoms with Gasteiger partial charge in [0.1, 0.15) is 23.0 Å². The summed E-state index contributed by atoms with van der Waals surface area (Å²) in [7, 11) is 0. The van der Waals surface area contributed by atoms with E-state index in [1.807, 2.05) is 43.3 Å². The van der Waals surface area contributed by atoms with Gasteiger partial charge in [0.05, 0.1) is 33.0 Å². The monoisotopic (exact) mass is 836 g/mol. The maximum Gasteiger partial charge on any atom is 0.308 e. The second-order valence-electron chi connectivity index (χ2n) is 18.0. The minimum Gasteiger partial charge on any atom is -0.492 e. The Morgan fingerprint density at radius 1 is 0.667 bits per heavy atom. The van der Waals surface area contributed by atoms with Gasteiger partial charge in [0.15, 0.2) is 0 Å². The topological polar surface area (TPSA) is 153 Å². The fraction of sp³-hybridized carbons (Fsp3) is 0.583. The van der Waals surface area contributed by atoms with Gasteiger partial charge >= 0.3 is 23.9 Å². The highest BCUT2D eigenvalue weighted by atomic mass is 16.5. The molecule has 0 radical (unpaired) electrons. The lowest BCUT2D eigenvalue weighted by Crippen LogP contribution is -2.31. The van der Waals surface area contributed by atoms with Crippen LogP contribution in [0.1, 0.15) is 126 Å². The van der Waals surface area contributed by atoms with Gasteiger partial charge in [-0.15, -0.1) is 0 Å². The number of carboxylic acid groups (broad SMARTS) is 1. The molecule has 0 aromatic heterocycles. The Labute approximate surface area is 356 Å². The molecule has 0 spiro atoms. The molecule has 2 aromatic rings. The van der Waals surface area contributed by atoms with Gasteiger partial charge in [-0.3, -0.25) is 19.2 Å². The van der Waals surface area contributed by atoms with E-state index in [9.17, 15) is 19.2 Å². The standard InChI is InChI=1S/C25H36O6.C23H32O6/c1-7-29-21(27)13-8-9-14-28-16-24(3,4)23-22(30-17-25(23,5)6)19-11-10-12-20(15-19)31-18(2)26;1-16(24)29-18-10-8-9-17(13-18)20-21(23(4,5)15-28-20)22(2,3)14-27-12-7-6-11-19(25)26/h10-12,15H,7-9,13-14,16-17H2,1-6H3;8-10,13H,6-7,11-12,14-15H2,1-5H3,(H,25,26). The highest BCUT2D eigenvalue weighted by Gasteiger charge is 2.45. The zero-order valence-electron chi connectivity index (χ0n) is 37.7. The molecule has 2 aliphatic heterocycles. The summed E-state index contributed by atoms with van der Waals surface area (Å²) in [6.45, 7) is 25.6. The summed E-state index contributed by atoms with van der Waals surface area (Å²) in [6, 6.07) is 14.8. The van der Waals surface area contributed by atoms with Gasteiger partial charge in [-0.25, -0.2) is 0 Å². The first kappa shape index (κ1) is 49.7. The van der Waals surface area contributed by atoms with Crippen molar-refractivity contribution in [3.8, 4) is 11.5 Å². The van der Waals surface area contributed by atoms with E-state index >= 15 is 0 Å². The largest absolute Gasteiger partial charge is 0.492 e. The number of carboxylic acids is 1. The summed E-state index contributed by atoms with van der Waals surface area (Å²) >= 11 is 0. The summed E-state index contributed by atoms with van der Waals surface area (Å²) in [5.74, 6) is 0.984. The van der Waals surface area contributed by atoms with Crippen LogP contribution in [0.3, 0.4) is 0 Å². The molecule has 12 nitrogen and oxygen atoms in total. The Balaban J connectivity index is 0.000000321. The van der Waals surface area contributed by atoms with Crippen molar-refractivity contribution in [1.29, 1.82) is 0 Å². The van der Waals surface area contributed by atoms with Crippen molar-refractivity contribution in [3.05, 3.63) is 70.8 Å². The Morgan fingerprint density at radius 3 is 1.47 bits per heavy atom. The predicted octanol–water partition coefficient (Wildman–Crippen LogP) is 9.83. The lowest BCUT2D eigenvalue weighted by molar-refractivity contribution is -0.143. The number of ether oxygens (including phenoxy) is 7. The first-order chi connectivity index (χ1) is 28.1. The SMILES string of the molecule is CC(=O)Oc1cccc(C2=C(C(C)(C)COCCCCC(=O)O)C(C)(C)CO2)c1.CCOC(=O)CCCCOCC(C)(C)C1=C(c2cccc(OC(C)=O)c2)OCC1(C)C. The summed E-state index contributed by atoms with van der Waals surface area (Å²) < 4.78 is 39.6. The zero-order valence-corrected chi connectivity index (χ0v) is 37.7. The van der Waals surface area contributed by atoms with Crippen molar-refractivity contribution >= 4 is 35.4 Å². The number of hydrogen-bond acceptors (Lipinski definition) is 11. The highest BCUT2D eigenvalue weighted by molar-refractivity contribution is 5.73. The number of carbonyl (C=O) groups excluding carboxylic acids is 3. The first-order valence-corrected chi connectivity index (χ1v) is 21.0. The van der Waals surface area contributed by atoms with Crippen molar-refractivity contribution in [1.82, 2.24) is 0 Å². The molecule has 0 fully saturated rings. The van der Waals surface area contributed by atoms with Crippen LogP contribution in [0.5, 0.6) is 11.5 Å².